The molecular weight excluding hydrogens is 332 g/mol. The fraction of sp³-hybridized carbons (Fsp3) is 0.350. The molecule has 0 spiro atoms. The van der Waals surface area contributed by atoms with Crippen LogP contribution in [0.3, 0.4) is 0 Å². The molecule has 2 aliphatic heterocycles. The van der Waals surface area contributed by atoms with E-state index in [0.717, 1.165) is 16.5 Å². The number of carbonyl (C=O) groups excluding carboxylic acids is 3. The van der Waals surface area contributed by atoms with Crippen LogP contribution in [0, 0.1) is 0 Å². The maximum absolute atomic E-state index is 13.2. The summed E-state index contributed by atoms with van der Waals surface area (Å²) >= 11 is 0. The fourth-order valence-corrected chi connectivity index (χ4v) is 4.17. The lowest BCUT2D eigenvalue weighted by molar-refractivity contribution is -0.134. The second-order valence-electron chi connectivity index (χ2n) is 7.56. The Morgan fingerprint density at radius 2 is 1.88 bits per heavy atom. The summed E-state index contributed by atoms with van der Waals surface area (Å²) in [7, 11) is 1.68. The van der Waals surface area contributed by atoms with E-state index in [1.165, 1.54) is 11.8 Å². The summed E-state index contributed by atoms with van der Waals surface area (Å²) in [6.45, 7) is 5.10. The van der Waals surface area contributed by atoms with E-state index in [4.69, 9.17) is 0 Å². The first-order valence-corrected chi connectivity index (χ1v) is 8.60. The van der Waals surface area contributed by atoms with Gasteiger partial charge in [0.2, 0.25) is 5.91 Å². The average molecular weight is 352 g/mol. The van der Waals surface area contributed by atoms with Crippen molar-refractivity contribution in [1.29, 1.82) is 0 Å². The summed E-state index contributed by atoms with van der Waals surface area (Å²) in [6, 6.07) is 7.54. The number of aliphatic hydroxyl groups excluding tert-OH is 1. The number of hydrogen-bond donors (Lipinski definition) is 1. The molecule has 2 aliphatic rings. The third kappa shape index (κ3) is 1.93. The van der Waals surface area contributed by atoms with Crippen molar-refractivity contribution in [3.63, 3.8) is 0 Å². The van der Waals surface area contributed by atoms with E-state index in [0.29, 0.717) is 16.7 Å². The molecule has 0 fully saturated rings. The summed E-state index contributed by atoms with van der Waals surface area (Å²) in [6.07, 6.45) is -0.986. The van der Waals surface area contributed by atoms with Crippen molar-refractivity contribution in [2.75, 3.05) is 11.9 Å². The SMILES string of the molecule is CC(O)CC(=O)N1C(=O)c2c(cc3cccc4c3c2C(=O)N4C)C1(C)C. The molecule has 26 heavy (non-hydrogen) atoms. The molecule has 4 rings (SSSR count). The molecule has 2 aromatic rings. The zero-order valence-corrected chi connectivity index (χ0v) is 15.2. The Kier molecular flexibility index (Phi) is 3.31. The highest BCUT2D eigenvalue weighted by atomic mass is 16.3. The molecule has 0 aliphatic carbocycles. The van der Waals surface area contributed by atoms with Gasteiger partial charge < -0.3 is 10.0 Å². The van der Waals surface area contributed by atoms with Crippen LogP contribution < -0.4 is 4.90 Å². The zero-order chi connectivity index (χ0) is 19.0. The summed E-state index contributed by atoms with van der Waals surface area (Å²) in [4.78, 5) is 41.4. The average Bonchev–Trinajstić information content (AvgIpc) is 2.91. The highest BCUT2D eigenvalue weighted by Crippen LogP contribution is 2.47. The number of benzene rings is 2. The van der Waals surface area contributed by atoms with E-state index in [9.17, 15) is 19.5 Å². The number of carbonyl (C=O) groups is 3. The summed E-state index contributed by atoms with van der Waals surface area (Å²) in [5.41, 5.74) is 1.24. The van der Waals surface area contributed by atoms with Gasteiger partial charge in [-0.2, -0.15) is 0 Å². The van der Waals surface area contributed by atoms with Crippen molar-refractivity contribution in [2.45, 2.75) is 38.8 Å². The van der Waals surface area contributed by atoms with E-state index in [2.05, 4.69) is 0 Å². The molecule has 6 nitrogen and oxygen atoms in total. The van der Waals surface area contributed by atoms with Gasteiger partial charge in [0.05, 0.1) is 34.9 Å². The Bertz CT molecular complexity index is 1010. The summed E-state index contributed by atoms with van der Waals surface area (Å²) in [5, 5.41) is 11.2. The first kappa shape index (κ1) is 16.7. The number of aliphatic hydroxyl groups is 1. The van der Waals surface area contributed by atoms with Gasteiger partial charge in [-0.15, -0.1) is 0 Å². The first-order chi connectivity index (χ1) is 12.2. The molecule has 0 saturated heterocycles. The van der Waals surface area contributed by atoms with Crippen molar-refractivity contribution in [3.05, 3.63) is 41.0 Å². The Balaban J connectivity index is 2.00. The number of nitrogens with zero attached hydrogens (tertiary/aromatic N) is 2. The van der Waals surface area contributed by atoms with E-state index in [1.807, 2.05) is 24.3 Å². The molecule has 2 aromatic carbocycles. The van der Waals surface area contributed by atoms with Crippen molar-refractivity contribution in [1.82, 2.24) is 4.90 Å². The lowest BCUT2D eigenvalue weighted by atomic mass is 9.88. The Hall–Kier alpha value is -2.73. The van der Waals surface area contributed by atoms with Gasteiger partial charge in [-0.3, -0.25) is 19.3 Å². The molecule has 3 amide bonds. The van der Waals surface area contributed by atoms with Crippen molar-refractivity contribution in [3.8, 4) is 0 Å². The largest absolute Gasteiger partial charge is 0.393 e. The monoisotopic (exact) mass is 352 g/mol. The van der Waals surface area contributed by atoms with Crippen LogP contribution in [-0.4, -0.2) is 40.9 Å². The molecule has 0 saturated carbocycles. The van der Waals surface area contributed by atoms with Gasteiger partial charge in [-0.1, -0.05) is 12.1 Å². The predicted molar refractivity (Wildman–Crippen MR) is 97.2 cm³/mol. The van der Waals surface area contributed by atoms with Crippen LogP contribution in [0.1, 0.15) is 53.5 Å². The van der Waals surface area contributed by atoms with Gasteiger partial charge in [-0.05, 0) is 43.9 Å². The van der Waals surface area contributed by atoms with Gasteiger partial charge in [-0.25, -0.2) is 0 Å². The molecule has 6 heteroatoms. The van der Waals surface area contributed by atoms with E-state index in [1.54, 1.807) is 25.8 Å². The second kappa shape index (κ2) is 5.14. The summed E-state index contributed by atoms with van der Waals surface area (Å²) in [5.74, 6) is -1.14. The molecular formula is C20H20N2O4. The minimum Gasteiger partial charge on any atom is -0.393 e. The number of anilines is 1. The van der Waals surface area contributed by atoms with Gasteiger partial charge in [0.15, 0.2) is 0 Å². The van der Waals surface area contributed by atoms with Crippen molar-refractivity contribution in [2.24, 2.45) is 0 Å². The second-order valence-corrected chi connectivity index (χ2v) is 7.56. The van der Waals surface area contributed by atoms with Gasteiger partial charge in [0.25, 0.3) is 11.8 Å². The normalized spacial score (nSPS) is 18.7. The maximum Gasteiger partial charge on any atom is 0.262 e. The highest BCUT2D eigenvalue weighted by Gasteiger charge is 2.50. The van der Waals surface area contributed by atoms with Gasteiger partial charge in [0.1, 0.15) is 0 Å². The number of imide groups is 1. The van der Waals surface area contributed by atoms with Gasteiger partial charge in [0, 0.05) is 12.4 Å². The zero-order valence-electron chi connectivity index (χ0n) is 15.2. The number of fused-ring (bicyclic) bond motifs is 2. The number of amides is 3. The lowest BCUT2D eigenvalue weighted by Crippen LogP contribution is -2.44. The third-order valence-electron chi connectivity index (χ3n) is 5.38. The van der Waals surface area contributed by atoms with E-state index >= 15 is 0 Å². The third-order valence-corrected chi connectivity index (χ3v) is 5.38. The molecule has 1 N–H and O–H groups in total. The van der Waals surface area contributed by atoms with Crippen LogP contribution in [0.4, 0.5) is 5.69 Å². The molecule has 134 valence electrons. The van der Waals surface area contributed by atoms with Crippen molar-refractivity contribution < 1.29 is 19.5 Å². The van der Waals surface area contributed by atoms with Crippen LogP contribution in [0.5, 0.6) is 0 Å². The smallest absolute Gasteiger partial charge is 0.262 e. The predicted octanol–water partition coefficient (Wildman–Crippen LogP) is 2.42. The van der Waals surface area contributed by atoms with E-state index < -0.39 is 23.5 Å². The molecule has 2 heterocycles. The topological polar surface area (TPSA) is 77.9 Å². The molecule has 1 unspecified atom stereocenters. The van der Waals surface area contributed by atoms with Crippen LogP contribution in [0.2, 0.25) is 0 Å². The minimum absolute atomic E-state index is 0.142. The van der Waals surface area contributed by atoms with E-state index in [-0.39, 0.29) is 12.3 Å². The Morgan fingerprint density at radius 3 is 2.54 bits per heavy atom. The first-order valence-electron chi connectivity index (χ1n) is 8.60. The molecule has 0 aromatic heterocycles. The standard InChI is InChI=1S/C20H20N2O4/c1-10(23)8-14(24)22-19(26)16-12(20(22,2)3)9-11-6-5-7-13-15(11)17(16)18(25)21(13)4/h5-7,9-10,23H,8H2,1-4H3. The maximum atomic E-state index is 13.2. The number of rotatable bonds is 2. The van der Waals surface area contributed by atoms with Crippen LogP contribution in [-0.2, 0) is 10.3 Å². The van der Waals surface area contributed by atoms with Crippen molar-refractivity contribution >= 4 is 34.2 Å². The Labute approximate surface area is 151 Å². The van der Waals surface area contributed by atoms with Crippen LogP contribution in [0.25, 0.3) is 10.8 Å². The minimum atomic E-state index is -0.888. The Morgan fingerprint density at radius 1 is 1.19 bits per heavy atom. The molecule has 1 atom stereocenters. The number of hydrogen-bond acceptors (Lipinski definition) is 4. The molecule has 0 radical (unpaired) electrons. The lowest BCUT2D eigenvalue weighted by Gasteiger charge is -2.31. The summed E-state index contributed by atoms with van der Waals surface area (Å²) < 4.78 is 0. The quantitative estimate of drug-likeness (QED) is 0.900. The highest BCUT2D eigenvalue weighted by molar-refractivity contribution is 6.30. The van der Waals surface area contributed by atoms with Gasteiger partial charge >= 0.3 is 0 Å². The van der Waals surface area contributed by atoms with Crippen LogP contribution in [0.15, 0.2) is 24.3 Å². The fourth-order valence-electron chi connectivity index (χ4n) is 4.17. The molecule has 0 bridgehead atoms. The van der Waals surface area contributed by atoms with Crippen LogP contribution >= 0.6 is 0 Å².